The van der Waals surface area contributed by atoms with Gasteiger partial charge in [0.1, 0.15) is 6.11 Å². The predicted molar refractivity (Wildman–Crippen MR) is 21.0 cm³/mol. The first kappa shape index (κ1) is 9.94. The molecule has 11 heavy (non-hydrogen) atoms. The highest BCUT2D eigenvalue weighted by molar-refractivity contribution is 4.99. The Morgan fingerprint density at radius 1 is 0.909 bits per heavy atom. The molecule has 0 aliphatic carbocycles. The van der Waals surface area contributed by atoms with Crippen LogP contribution in [0, 0.1) is 12.0 Å². The second kappa shape index (κ2) is 2.90. The van der Waals surface area contributed by atoms with Gasteiger partial charge in [0.05, 0.1) is 5.92 Å². The van der Waals surface area contributed by atoms with E-state index in [-0.39, 0.29) is 5.92 Å². The maximum atomic E-state index is 11.0. The van der Waals surface area contributed by atoms with Crippen molar-refractivity contribution in [3.8, 4) is 12.0 Å². The number of alkyl halides is 6. The van der Waals surface area contributed by atoms with Crippen LogP contribution in [0.1, 0.15) is 0 Å². The zero-order valence-corrected chi connectivity index (χ0v) is 4.68. The van der Waals surface area contributed by atoms with Crippen LogP contribution in [0.5, 0.6) is 0 Å². The van der Waals surface area contributed by atoms with Gasteiger partial charge in [-0.2, -0.15) is 13.2 Å². The number of hydrogen-bond acceptors (Lipinski definition) is 1. The fourth-order valence-electron chi connectivity index (χ4n) is 0.141. The van der Waals surface area contributed by atoms with Crippen molar-refractivity contribution in [3.05, 3.63) is 0 Å². The van der Waals surface area contributed by atoms with E-state index >= 15 is 0 Å². The summed E-state index contributed by atoms with van der Waals surface area (Å²) in [6, 6.07) is 0. The van der Waals surface area contributed by atoms with Gasteiger partial charge in [-0.05, 0) is 0 Å². The maximum Gasteiger partial charge on any atom is 0.581 e. The second-order valence-electron chi connectivity index (χ2n) is 1.27. The first-order valence-corrected chi connectivity index (χ1v) is 2.04. The highest BCUT2D eigenvalue weighted by Crippen LogP contribution is 2.16. The van der Waals surface area contributed by atoms with Crippen molar-refractivity contribution >= 4 is 0 Å². The van der Waals surface area contributed by atoms with E-state index in [0.29, 0.717) is 6.11 Å². The molecule has 0 fully saturated rings. The van der Waals surface area contributed by atoms with Crippen molar-refractivity contribution in [3.63, 3.8) is 0 Å². The molecule has 0 rings (SSSR count). The van der Waals surface area contributed by atoms with Gasteiger partial charge in [-0.1, -0.05) is 0 Å². The van der Waals surface area contributed by atoms with Crippen molar-refractivity contribution < 1.29 is 31.1 Å². The van der Waals surface area contributed by atoms with Crippen LogP contribution in [-0.2, 0) is 4.74 Å². The Morgan fingerprint density at radius 3 is 1.64 bits per heavy atom. The highest BCUT2D eigenvalue weighted by Gasteiger charge is 2.31. The van der Waals surface area contributed by atoms with E-state index in [1.54, 1.807) is 0 Å². The lowest BCUT2D eigenvalue weighted by Gasteiger charge is -1.99. The summed E-state index contributed by atoms with van der Waals surface area (Å²) >= 11 is 0. The van der Waals surface area contributed by atoms with E-state index in [4.69, 9.17) is 0 Å². The minimum Gasteiger partial charge on any atom is -0.352 e. The molecule has 0 aromatic rings. The molecule has 0 heterocycles. The topological polar surface area (TPSA) is 9.23 Å². The summed E-state index contributed by atoms with van der Waals surface area (Å²) in [5.41, 5.74) is 0. The Balaban J connectivity index is 3.94. The van der Waals surface area contributed by atoms with Crippen LogP contribution < -0.4 is 0 Å². The van der Waals surface area contributed by atoms with Gasteiger partial charge in [0.25, 0.3) is 0 Å². The van der Waals surface area contributed by atoms with Crippen molar-refractivity contribution in [2.24, 2.45) is 0 Å². The van der Waals surface area contributed by atoms with Gasteiger partial charge in [0.2, 0.25) is 0 Å². The average molecular weight is 178 g/mol. The molecule has 0 radical (unpaired) electrons. The summed E-state index contributed by atoms with van der Waals surface area (Å²) in [4.78, 5) is 0. The Kier molecular flexibility index (Phi) is 2.62. The number of halogens is 6. The third-order valence-electron chi connectivity index (χ3n) is 0.360. The standard InChI is InChI=1S/C4F6O/c5-3(6,7)1-2-11-4(8,9)10. The molecular weight excluding hydrogens is 178 g/mol. The fraction of sp³-hybridized carbons (Fsp3) is 0.500. The van der Waals surface area contributed by atoms with Crippen LogP contribution >= 0.6 is 0 Å². The Hall–Kier alpha value is -1.06. The zero-order valence-electron chi connectivity index (χ0n) is 4.68. The van der Waals surface area contributed by atoms with Crippen molar-refractivity contribution in [1.82, 2.24) is 0 Å². The lowest BCUT2D eigenvalue weighted by atomic mass is 10.7. The van der Waals surface area contributed by atoms with Gasteiger partial charge < -0.3 is 4.74 Å². The van der Waals surface area contributed by atoms with Crippen molar-refractivity contribution in [2.75, 3.05) is 0 Å². The first-order valence-electron chi connectivity index (χ1n) is 2.04. The van der Waals surface area contributed by atoms with Crippen LogP contribution in [0.15, 0.2) is 0 Å². The summed E-state index contributed by atoms with van der Waals surface area (Å²) < 4.78 is 68.4. The second-order valence-corrected chi connectivity index (χ2v) is 1.27. The van der Waals surface area contributed by atoms with Gasteiger partial charge >= 0.3 is 12.5 Å². The lowest BCUT2D eigenvalue weighted by molar-refractivity contribution is -0.291. The van der Waals surface area contributed by atoms with Gasteiger partial charge in [0.15, 0.2) is 0 Å². The molecule has 0 aromatic carbocycles. The summed E-state index contributed by atoms with van der Waals surface area (Å²) in [7, 11) is 0. The van der Waals surface area contributed by atoms with Crippen LogP contribution in [0.4, 0.5) is 26.3 Å². The van der Waals surface area contributed by atoms with Crippen LogP contribution in [-0.4, -0.2) is 12.5 Å². The molecule has 0 aromatic heterocycles. The molecule has 0 atom stereocenters. The minimum atomic E-state index is -5.15. The molecule has 0 spiro atoms. The normalized spacial score (nSPS) is 11.8. The minimum absolute atomic E-state index is 0.286. The van der Waals surface area contributed by atoms with E-state index in [1.165, 1.54) is 0 Å². The summed E-state index contributed by atoms with van der Waals surface area (Å²) in [6.45, 7) is 0. The highest BCUT2D eigenvalue weighted by atomic mass is 19.4. The quantitative estimate of drug-likeness (QED) is 0.407. The van der Waals surface area contributed by atoms with Crippen LogP contribution in [0.3, 0.4) is 0 Å². The third-order valence-corrected chi connectivity index (χ3v) is 0.360. The van der Waals surface area contributed by atoms with E-state index < -0.39 is 12.5 Å². The third kappa shape index (κ3) is 8.94. The Morgan fingerprint density at radius 2 is 1.36 bits per heavy atom. The summed E-state index contributed by atoms with van der Waals surface area (Å²) in [6.07, 6.45) is -9.66. The molecular formula is C4F6O. The monoisotopic (exact) mass is 178 g/mol. The van der Waals surface area contributed by atoms with E-state index in [2.05, 4.69) is 4.74 Å². The van der Waals surface area contributed by atoms with Crippen molar-refractivity contribution in [1.29, 1.82) is 0 Å². The van der Waals surface area contributed by atoms with Crippen LogP contribution in [0.25, 0.3) is 0 Å². The summed E-state index contributed by atoms with van der Waals surface area (Å²) in [5, 5.41) is 0. The number of rotatable bonds is 0. The smallest absolute Gasteiger partial charge is 0.352 e. The van der Waals surface area contributed by atoms with E-state index in [0.717, 1.165) is 0 Å². The molecule has 0 bridgehead atoms. The average Bonchev–Trinajstić information content (AvgIpc) is 1.55. The maximum absolute atomic E-state index is 11.0. The SMILES string of the molecule is FC(F)(F)C#COC(F)(F)F. The lowest BCUT2D eigenvalue weighted by Crippen LogP contribution is -2.10. The zero-order chi connectivity index (χ0) is 9.12. The summed E-state index contributed by atoms with van der Waals surface area (Å²) in [5.74, 6) is 0.286. The van der Waals surface area contributed by atoms with E-state index in [9.17, 15) is 26.3 Å². The molecule has 0 N–H and O–H groups in total. The molecule has 1 nitrogen and oxygen atoms in total. The van der Waals surface area contributed by atoms with Gasteiger partial charge in [-0.15, -0.1) is 13.2 Å². The molecule has 64 valence electrons. The molecule has 0 amide bonds. The first-order chi connectivity index (χ1) is 4.71. The molecule has 0 saturated carbocycles. The van der Waals surface area contributed by atoms with Gasteiger partial charge in [-0.25, -0.2) is 0 Å². The molecule has 0 saturated heterocycles. The number of ether oxygens (including phenoxy) is 1. The van der Waals surface area contributed by atoms with Crippen molar-refractivity contribution in [2.45, 2.75) is 12.5 Å². The van der Waals surface area contributed by atoms with Gasteiger partial charge in [0, 0.05) is 0 Å². The molecule has 0 unspecified atom stereocenters. The molecule has 0 aliphatic rings. The molecule has 0 aliphatic heterocycles. The Labute approximate surface area is 56.9 Å². The number of hydrogen-bond donors (Lipinski definition) is 0. The van der Waals surface area contributed by atoms with Gasteiger partial charge in [-0.3, -0.25) is 0 Å². The predicted octanol–water partition coefficient (Wildman–Crippen LogP) is 2.05. The van der Waals surface area contributed by atoms with Crippen LogP contribution in [0.2, 0.25) is 0 Å². The molecule has 7 heteroatoms. The largest absolute Gasteiger partial charge is 0.581 e. The fourth-order valence-corrected chi connectivity index (χ4v) is 0.141. The Bertz CT molecular complexity index is 177. The van der Waals surface area contributed by atoms with E-state index in [1.807, 2.05) is 0 Å².